The zero-order chi connectivity index (χ0) is 15.9. The van der Waals surface area contributed by atoms with Crippen molar-refractivity contribution in [2.24, 2.45) is 16.6 Å². The van der Waals surface area contributed by atoms with Crippen molar-refractivity contribution in [1.29, 1.82) is 0 Å². The third-order valence-corrected chi connectivity index (χ3v) is 5.67. The molecule has 21 heavy (non-hydrogen) atoms. The molecule has 0 saturated heterocycles. The van der Waals surface area contributed by atoms with Gasteiger partial charge in [0, 0.05) is 17.5 Å². The lowest BCUT2D eigenvalue weighted by Gasteiger charge is -2.62. The molecule has 0 bridgehead atoms. The topological polar surface area (TPSA) is 72.2 Å². The highest BCUT2D eigenvalue weighted by atomic mass is 32.2. The lowest BCUT2D eigenvalue weighted by atomic mass is 9.49. The lowest BCUT2D eigenvalue weighted by molar-refractivity contribution is -0.0592. The van der Waals surface area contributed by atoms with Crippen LogP contribution in [0.4, 0.5) is 0 Å². The molecular weight excluding hydrogens is 284 g/mol. The van der Waals surface area contributed by atoms with Gasteiger partial charge in [-0.2, -0.15) is 0 Å². The number of hydrogen-bond donors (Lipinski definition) is 2. The van der Waals surface area contributed by atoms with E-state index < -0.39 is 10.0 Å². The summed E-state index contributed by atoms with van der Waals surface area (Å²) in [5.41, 5.74) is 6.50. The highest BCUT2D eigenvalue weighted by molar-refractivity contribution is 7.92. The molecule has 3 N–H and O–H groups in total. The van der Waals surface area contributed by atoms with E-state index >= 15 is 0 Å². The predicted molar refractivity (Wildman–Crippen MR) is 86.9 cm³/mol. The van der Waals surface area contributed by atoms with Gasteiger partial charge in [-0.15, -0.1) is 0 Å². The van der Waals surface area contributed by atoms with E-state index in [2.05, 4.69) is 4.72 Å². The zero-order valence-corrected chi connectivity index (χ0v) is 13.8. The Morgan fingerprint density at radius 2 is 1.62 bits per heavy atom. The smallest absolute Gasteiger partial charge is 0.234 e. The predicted octanol–water partition coefficient (Wildman–Crippen LogP) is 2.34. The number of nitrogens with one attached hydrogen (secondary N) is 1. The third kappa shape index (κ3) is 3.05. The first-order valence-corrected chi connectivity index (χ1v) is 8.63. The summed E-state index contributed by atoms with van der Waals surface area (Å²) in [7, 11) is -3.49. The molecule has 0 heterocycles. The van der Waals surface area contributed by atoms with Crippen molar-refractivity contribution < 1.29 is 8.42 Å². The molecule has 1 aromatic carbocycles. The Morgan fingerprint density at radius 3 is 2.14 bits per heavy atom. The molecule has 1 aromatic rings. The van der Waals surface area contributed by atoms with Gasteiger partial charge >= 0.3 is 0 Å². The molecule has 0 unspecified atom stereocenters. The van der Waals surface area contributed by atoms with Crippen molar-refractivity contribution in [3.05, 3.63) is 41.3 Å². The second-order valence-corrected chi connectivity index (χ2v) is 8.53. The summed E-state index contributed by atoms with van der Waals surface area (Å²) in [6.07, 6.45) is 1.60. The summed E-state index contributed by atoms with van der Waals surface area (Å²) >= 11 is 0. The highest BCUT2D eigenvalue weighted by Gasteiger charge is 2.60. The molecule has 116 valence electrons. The average molecular weight is 308 g/mol. The molecule has 1 fully saturated rings. The number of nitrogens with two attached hydrogens (primary N) is 1. The van der Waals surface area contributed by atoms with E-state index in [0.29, 0.717) is 0 Å². The molecule has 0 spiro atoms. The highest BCUT2D eigenvalue weighted by Crippen LogP contribution is 2.52. The summed E-state index contributed by atoms with van der Waals surface area (Å²) in [5, 5.41) is 1.22. The fraction of sp³-hybridized carbons (Fsp3) is 0.500. The van der Waals surface area contributed by atoms with E-state index in [4.69, 9.17) is 5.73 Å². The first kappa shape index (κ1) is 16.2. The standard InChI is InChI=1S/C16H24N2O2S/c1-15(2)13(17)16(3,4)14(15)18-21(19,20)11-10-12-8-6-5-7-9-12/h5-11,13-14,18H,17H2,1-4H3. The van der Waals surface area contributed by atoms with E-state index in [1.807, 2.05) is 58.0 Å². The van der Waals surface area contributed by atoms with E-state index in [1.165, 1.54) is 5.41 Å². The molecule has 1 saturated carbocycles. The van der Waals surface area contributed by atoms with Crippen LogP contribution in [0.1, 0.15) is 33.3 Å². The average Bonchev–Trinajstić information content (AvgIpc) is 2.43. The second-order valence-electron chi connectivity index (χ2n) is 6.93. The Bertz CT molecular complexity index is 618. The van der Waals surface area contributed by atoms with Gasteiger partial charge in [-0.3, -0.25) is 0 Å². The number of rotatable bonds is 4. The fourth-order valence-electron chi connectivity index (χ4n) is 3.42. The number of hydrogen-bond acceptors (Lipinski definition) is 3. The van der Waals surface area contributed by atoms with E-state index in [1.54, 1.807) is 6.08 Å². The maximum absolute atomic E-state index is 12.3. The van der Waals surface area contributed by atoms with E-state index in [-0.39, 0.29) is 22.9 Å². The molecule has 0 atom stereocenters. The molecule has 5 heteroatoms. The largest absolute Gasteiger partial charge is 0.327 e. The van der Waals surface area contributed by atoms with Crippen LogP contribution in [0.15, 0.2) is 35.7 Å². The van der Waals surface area contributed by atoms with Crippen LogP contribution < -0.4 is 10.5 Å². The normalized spacial score (nSPS) is 27.5. The molecular formula is C16H24N2O2S. The van der Waals surface area contributed by atoms with Gasteiger partial charge in [0.2, 0.25) is 10.0 Å². The molecule has 1 aliphatic carbocycles. The minimum atomic E-state index is -3.49. The monoisotopic (exact) mass is 308 g/mol. The van der Waals surface area contributed by atoms with Gasteiger partial charge in [0.1, 0.15) is 0 Å². The number of sulfonamides is 1. The van der Waals surface area contributed by atoms with Crippen LogP contribution in [0.5, 0.6) is 0 Å². The summed E-state index contributed by atoms with van der Waals surface area (Å²) < 4.78 is 27.3. The van der Waals surface area contributed by atoms with Crippen molar-refractivity contribution in [2.75, 3.05) is 0 Å². The molecule has 0 radical (unpaired) electrons. The maximum Gasteiger partial charge on any atom is 0.234 e. The maximum atomic E-state index is 12.3. The van der Waals surface area contributed by atoms with Crippen molar-refractivity contribution in [3.63, 3.8) is 0 Å². The van der Waals surface area contributed by atoms with Gasteiger partial charge in [0.25, 0.3) is 0 Å². The Hall–Kier alpha value is -1.17. The Labute approximate surface area is 127 Å². The Morgan fingerprint density at radius 1 is 1.10 bits per heavy atom. The zero-order valence-electron chi connectivity index (χ0n) is 13.0. The van der Waals surface area contributed by atoms with Crippen molar-refractivity contribution in [1.82, 2.24) is 4.72 Å². The Kier molecular flexibility index (Phi) is 4.04. The summed E-state index contributed by atoms with van der Waals surface area (Å²) in [6.45, 7) is 7.99. The molecule has 2 rings (SSSR count). The second kappa shape index (κ2) is 5.23. The van der Waals surface area contributed by atoms with E-state index in [9.17, 15) is 8.42 Å². The van der Waals surface area contributed by atoms with Crippen LogP contribution in [-0.4, -0.2) is 20.5 Å². The minimum absolute atomic E-state index is 0.0317. The molecule has 0 amide bonds. The van der Waals surface area contributed by atoms with Gasteiger partial charge < -0.3 is 5.73 Å². The summed E-state index contributed by atoms with van der Waals surface area (Å²) in [4.78, 5) is 0. The van der Waals surface area contributed by atoms with Crippen LogP contribution in [0, 0.1) is 10.8 Å². The summed E-state index contributed by atoms with van der Waals surface area (Å²) in [5.74, 6) is 0. The van der Waals surface area contributed by atoms with Gasteiger partial charge in [-0.25, -0.2) is 13.1 Å². The Balaban J connectivity index is 2.14. The van der Waals surface area contributed by atoms with Crippen molar-refractivity contribution >= 4 is 16.1 Å². The first-order valence-electron chi connectivity index (χ1n) is 7.08. The van der Waals surface area contributed by atoms with Crippen LogP contribution in [0.2, 0.25) is 0 Å². The van der Waals surface area contributed by atoms with Crippen LogP contribution in [-0.2, 0) is 10.0 Å². The lowest BCUT2D eigenvalue weighted by Crippen LogP contribution is -2.75. The van der Waals surface area contributed by atoms with Crippen LogP contribution in [0.25, 0.3) is 6.08 Å². The number of benzene rings is 1. The minimum Gasteiger partial charge on any atom is -0.327 e. The van der Waals surface area contributed by atoms with Crippen LogP contribution >= 0.6 is 0 Å². The molecule has 4 nitrogen and oxygen atoms in total. The molecule has 0 aromatic heterocycles. The SMILES string of the molecule is CC1(C)C(N)C(C)(C)C1NS(=O)(=O)C=Cc1ccccc1. The van der Waals surface area contributed by atoms with Gasteiger partial charge in [0.05, 0.1) is 0 Å². The van der Waals surface area contributed by atoms with Gasteiger partial charge in [-0.05, 0) is 22.5 Å². The van der Waals surface area contributed by atoms with Crippen molar-refractivity contribution in [3.8, 4) is 0 Å². The van der Waals surface area contributed by atoms with Gasteiger partial charge in [-0.1, -0.05) is 58.0 Å². The molecule has 0 aliphatic heterocycles. The fourth-order valence-corrected chi connectivity index (χ4v) is 4.77. The van der Waals surface area contributed by atoms with E-state index in [0.717, 1.165) is 5.56 Å². The molecule has 1 aliphatic rings. The van der Waals surface area contributed by atoms with Gasteiger partial charge in [0.15, 0.2) is 0 Å². The van der Waals surface area contributed by atoms with Crippen LogP contribution in [0.3, 0.4) is 0 Å². The quantitative estimate of drug-likeness (QED) is 0.896. The third-order valence-electron chi connectivity index (χ3n) is 4.61. The summed E-state index contributed by atoms with van der Waals surface area (Å²) in [6, 6.07) is 9.15. The van der Waals surface area contributed by atoms with Crippen molar-refractivity contribution in [2.45, 2.75) is 39.8 Å². The first-order chi connectivity index (χ1) is 9.57.